The largest absolute Gasteiger partial charge is 0.464 e. The molecule has 0 amide bonds. The minimum absolute atomic E-state index is 0.622. The second kappa shape index (κ2) is 5.33. The maximum atomic E-state index is 5.30. The molecule has 0 aromatic rings. The van der Waals surface area contributed by atoms with Crippen molar-refractivity contribution in [2.75, 3.05) is 28.4 Å². The van der Waals surface area contributed by atoms with Crippen LogP contribution in [0, 0.1) is 0 Å². The van der Waals surface area contributed by atoms with Crippen molar-refractivity contribution in [3.05, 3.63) is 0 Å². The van der Waals surface area contributed by atoms with Crippen LogP contribution in [0.5, 0.6) is 0 Å². The smallest absolute Gasteiger partial charge is 0.387 e. The number of hydrogen-bond donors (Lipinski definition) is 1. The minimum Gasteiger partial charge on any atom is -0.387 e. The molecule has 0 aromatic heterocycles. The molecule has 0 bridgehead atoms. The molecule has 0 spiro atoms. The Kier molecular flexibility index (Phi) is 5.49. The molecule has 0 aliphatic rings. The fraction of sp³-hybridized carbons (Fsp3) is 1.00. The third kappa shape index (κ3) is 2.26. The summed E-state index contributed by atoms with van der Waals surface area (Å²) in [7, 11) is 3.48. The molecule has 0 aromatic carbocycles. The summed E-state index contributed by atoms with van der Waals surface area (Å²) >= 11 is 4.38. The molecule has 0 rings (SSSR count). The summed E-state index contributed by atoms with van der Waals surface area (Å²) in [6.07, 6.45) is 0.622. The molecule has 0 N–H and O–H groups in total. The lowest BCUT2D eigenvalue weighted by Gasteiger charge is -2.39. The van der Waals surface area contributed by atoms with Crippen molar-refractivity contribution in [1.29, 1.82) is 0 Å². The number of rotatable bonds is 6. The second-order valence-corrected chi connectivity index (χ2v) is 7.01. The summed E-state index contributed by atoms with van der Waals surface area (Å²) in [5.41, 5.74) is -0.861. The first-order valence-electron chi connectivity index (χ1n) is 3.98. The van der Waals surface area contributed by atoms with Gasteiger partial charge in [-0.1, -0.05) is 6.92 Å². The molecule has 0 unspecified atom stereocenters. The van der Waals surface area contributed by atoms with Gasteiger partial charge in [0, 0.05) is 34.9 Å². The first-order chi connectivity index (χ1) is 6.05. The highest BCUT2D eigenvalue weighted by molar-refractivity contribution is 8.12. The van der Waals surface area contributed by atoms with Crippen molar-refractivity contribution in [1.82, 2.24) is 0 Å². The van der Waals surface area contributed by atoms with Crippen molar-refractivity contribution >= 4 is 19.8 Å². The zero-order chi connectivity index (χ0) is 10.5. The van der Waals surface area contributed by atoms with Gasteiger partial charge in [-0.3, -0.25) is 0 Å². The number of methoxy groups -OCH3 is 2. The SMILES string of the molecule is CCC(OC)(OC)[Si](S)(OC)OC. The lowest BCUT2D eigenvalue weighted by Crippen LogP contribution is -2.60. The van der Waals surface area contributed by atoms with Gasteiger partial charge in [-0.25, -0.2) is 0 Å². The van der Waals surface area contributed by atoms with Gasteiger partial charge in [-0.05, 0) is 0 Å². The third-order valence-electron chi connectivity index (χ3n) is 2.16. The van der Waals surface area contributed by atoms with Crippen molar-refractivity contribution in [3.63, 3.8) is 0 Å². The fourth-order valence-corrected chi connectivity index (χ4v) is 4.02. The molecule has 4 nitrogen and oxygen atoms in total. The quantitative estimate of drug-likeness (QED) is 0.418. The predicted molar refractivity (Wildman–Crippen MR) is 55.8 cm³/mol. The highest BCUT2D eigenvalue weighted by atomic mass is 32.3. The lowest BCUT2D eigenvalue weighted by molar-refractivity contribution is -0.170. The zero-order valence-electron chi connectivity index (χ0n) is 8.79. The van der Waals surface area contributed by atoms with Gasteiger partial charge < -0.3 is 18.3 Å². The predicted octanol–water partition coefficient (Wildman–Crippen LogP) is 1.09. The molecule has 0 aliphatic heterocycles. The standard InChI is InChI=1S/C7H18O4SSi/c1-6-7(8-2,9-3)13(12,10-4)11-5/h12H,6H2,1-5H3. The number of hydrogen-bond acceptors (Lipinski definition) is 5. The van der Waals surface area contributed by atoms with E-state index in [1.54, 1.807) is 28.4 Å². The Morgan fingerprint density at radius 2 is 1.46 bits per heavy atom. The maximum absolute atomic E-state index is 5.30. The fourth-order valence-electron chi connectivity index (χ4n) is 1.25. The van der Waals surface area contributed by atoms with Crippen molar-refractivity contribution < 1.29 is 18.3 Å². The molecule has 0 saturated heterocycles. The van der Waals surface area contributed by atoms with Crippen molar-refractivity contribution in [3.8, 4) is 0 Å². The Morgan fingerprint density at radius 3 is 1.54 bits per heavy atom. The molecular weight excluding hydrogens is 208 g/mol. The summed E-state index contributed by atoms with van der Waals surface area (Å²) in [5, 5.41) is 0. The van der Waals surface area contributed by atoms with E-state index in [-0.39, 0.29) is 0 Å². The number of thiol groups is 1. The zero-order valence-corrected chi connectivity index (χ0v) is 10.7. The first kappa shape index (κ1) is 13.4. The van der Waals surface area contributed by atoms with E-state index in [1.165, 1.54) is 0 Å². The van der Waals surface area contributed by atoms with E-state index < -0.39 is 13.1 Å². The van der Waals surface area contributed by atoms with Gasteiger partial charge in [0.1, 0.15) is 0 Å². The van der Waals surface area contributed by atoms with Crippen molar-refractivity contribution in [2.45, 2.75) is 18.8 Å². The average molecular weight is 226 g/mol. The van der Waals surface area contributed by atoms with Crippen LogP contribution in [0.4, 0.5) is 0 Å². The first-order valence-corrected chi connectivity index (χ1v) is 7.09. The molecule has 0 saturated carbocycles. The molecule has 6 heteroatoms. The van der Waals surface area contributed by atoms with Crippen LogP contribution in [0.15, 0.2) is 0 Å². The van der Waals surface area contributed by atoms with Crippen LogP contribution in [-0.2, 0) is 18.3 Å². The Morgan fingerprint density at radius 1 is 1.08 bits per heavy atom. The van der Waals surface area contributed by atoms with Gasteiger partial charge >= 0.3 is 7.71 Å². The summed E-state index contributed by atoms with van der Waals surface area (Å²) in [5.74, 6) is 0. The van der Waals surface area contributed by atoms with E-state index in [1.807, 2.05) is 6.92 Å². The van der Waals surface area contributed by atoms with Crippen LogP contribution >= 0.6 is 12.1 Å². The third-order valence-corrected chi connectivity index (χ3v) is 7.11. The molecule has 0 radical (unpaired) electrons. The van der Waals surface area contributed by atoms with Gasteiger partial charge in [-0.15, -0.1) is 12.1 Å². The summed E-state index contributed by atoms with van der Waals surface area (Å²) < 4.78 is 21.1. The normalized spacial score (nSPS) is 13.4. The Bertz CT molecular complexity index is 139. The van der Waals surface area contributed by atoms with E-state index >= 15 is 0 Å². The topological polar surface area (TPSA) is 36.9 Å². The van der Waals surface area contributed by atoms with Gasteiger partial charge in [0.05, 0.1) is 0 Å². The highest BCUT2D eigenvalue weighted by Gasteiger charge is 2.56. The lowest BCUT2D eigenvalue weighted by atomic mass is 10.5. The van der Waals surface area contributed by atoms with E-state index in [4.69, 9.17) is 18.3 Å². The van der Waals surface area contributed by atoms with Gasteiger partial charge in [-0.2, -0.15) is 0 Å². The molecule has 80 valence electrons. The number of ether oxygens (including phenoxy) is 2. The van der Waals surface area contributed by atoms with Crippen LogP contribution in [0.3, 0.4) is 0 Å². The summed E-state index contributed by atoms with van der Waals surface area (Å²) in [4.78, 5) is 0. The Hall–Kier alpha value is 0.407. The van der Waals surface area contributed by atoms with Crippen molar-refractivity contribution in [2.24, 2.45) is 0 Å². The average Bonchev–Trinajstić information content (AvgIpc) is 2.20. The molecule has 13 heavy (non-hydrogen) atoms. The molecular formula is C7H18O4SSi. The van der Waals surface area contributed by atoms with E-state index in [0.29, 0.717) is 6.42 Å². The molecule has 0 atom stereocenters. The van der Waals surface area contributed by atoms with Gasteiger partial charge in [0.25, 0.3) is 0 Å². The van der Waals surface area contributed by atoms with Gasteiger partial charge in [0.2, 0.25) is 5.41 Å². The molecule has 0 aliphatic carbocycles. The van der Waals surface area contributed by atoms with Crippen LogP contribution < -0.4 is 0 Å². The van der Waals surface area contributed by atoms with Crippen LogP contribution in [0.2, 0.25) is 0 Å². The van der Waals surface area contributed by atoms with Crippen LogP contribution in [0.1, 0.15) is 13.3 Å². The van der Waals surface area contributed by atoms with E-state index in [0.717, 1.165) is 0 Å². The van der Waals surface area contributed by atoms with E-state index in [9.17, 15) is 0 Å². The minimum atomic E-state index is -2.73. The monoisotopic (exact) mass is 226 g/mol. The second-order valence-electron chi connectivity index (χ2n) is 2.50. The summed E-state index contributed by atoms with van der Waals surface area (Å²) in [6.45, 7) is 1.93. The Balaban J connectivity index is 4.87. The highest BCUT2D eigenvalue weighted by Crippen LogP contribution is 2.32. The summed E-state index contributed by atoms with van der Waals surface area (Å²) in [6, 6.07) is 0. The van der Waals surface area contributed by atoms with Crippen LogP contribution in [0.25, 0.3) is 0 Å². The van der Waals surface area contributed by atoms with E-state index in [2.05, 4.69) is 12.1 Å². The maximum Gasteiger partial charge on any atom is 0.464 e. The Labute approximate surface area is 85.8 Å². The molecule has 0 heterocycles. The van der Waals surface area contributed by atoms with Gasteiger partial charge in [0.15, 0.2) is 0 Å². The molecule has 0 fully saturated rings. The van der Waals surface area contributed by atoms with Crippen LogP contribution in [-0.4, -0.2) is 41.6 Å².